The van der Waals surface area contributed by atoms with Crippen LogP contribution in [-0.4, -0.2) is 51.0 Å². The average Bonchev–Trinajstić information content (AvgIpc) is 2.89. The molecular formula is C27H27F4N3O4S. The van der Waals surface area contributed by atoms with E-state index in [1.165, 1.54) is 25.2 Å². The van der Waals surface area contributed by atoms with Crippen molar-refractivity contribution in [3.63, 3.8) is 0 Å². The molecule has 0 aliphatic carbocycles. The normalized spacial score (nSPS) is 12.5. The van der Waals surface area contributed by atoms with Crippen LogP contribution in [0.5, 0.6) is 0 Å². The molecule has 0 aliphatic heterocycles. The summed E-state index contributed by atoms with van der Waals surface area (Å²) >= 11 is 0. The quantitative estimate of drug-likeness (QED) is 0.377. The van der Waals surface area contributed by atoms with Gasteiger partial charge in [0.2, 0.25) is 21.8 Å². The Morgan fingerprint density at radius 3 is 2.18 bits per heavy atom. The van der Waals surface area contributed by atoms with Crippen LogP contribution in [0.3, 0.4) is 0 Å². The minimum Gasteiger partial charge on any atom is -0.357 e. The SMILES string of the molecule is CNC(=O)C(Cc1ccccc1)N(Cc1ccccc1F)C(=O)CN(c1cccc(C(F)(F)F)c1)S(C)(=O)=O. The summed E-state index contributed by atoms with van der Waals surface area (Å²) in [6, 6.07) is 16.6. The molecule has 2 amide bonds. The minimum absolute atomic E-state index is 0.0170. The third kappa shape index (κ3) is 7.79. The van der Waals surface area contributed by atoms with Crippen LogP contribution < -0.4 is 9.62 Å². The molecule has 0 fully saturated rings. The fourth-order valence-electron chi connectivity index (χ4n) is 3.98. The lowest BCUT2D eigenvalue weighted by atomic mass is 10.0. The average molecular weight is 566 g/mol. The number of likely N-dealkylation sites (N-methyl/N-ethyl adjacent to an activating group) is 1. The molecule has 7 nitrogen and oxygen atoms in total. The highest BCUT2D eigenvalue weighted by atomic mass is 32.2. The van der Waals surface area contributed by atoms with Crippen molar-refractivity contribution < 1.29 is 35.6 Å². The molecule has 3 rings (SSSR count). The molecule has 39 heavy (non-hydrogen) atoms. The summed E-state index contributed by atoms with van der Waals surface area (Å²) in [5, 5.41) is 2.48. The lowest BCUT2D eigenvalue weighted by molar-refractivity contribution is -0.139. The number of hydrogen-bond acceptors (Lipinski definition) is 4. The van der Waals surface area contributed by atoms with E-state index in [-0.39, 0.29) is 17.7 Å². The Bertz CT molecular complexity index is 1420. The van der Waals surface area contributed by atoms with Gasteiger partial charge in [-0.3, -0.25) is 13.9 Å². The van der Waals surface area contributed by atoms with Gasteiger partial charge in [0.05, 0.1) is 17.5 Å². The number of rotatable bonds is 10. The van der Waals surface area contributed by atoms with Crippen molar-refractivity contribution in [3.8, 4) is 0 Å². The third-order valence-corrected chi connectivity index (χ3v) is 7.10. The number of nitrogens with zero attached hydrogens (tertiary/aromatic N) is 2. The molecule has 0 radical (unpaired) electrons. The molecule has 0 spiro atoms. The summed E-state index contributed by atoms with van der Waals surface area (Å²) in [6.45, 7) is -1.31. The second kappa shape index (κ2) is 12.3. The maximum absolute atomic E-state index is 14.6. The number of alkyl halides is 3. The first-order valence-corrected chi connectivity index (χ1v) is 13.6. The van der Waals surface area contributed by atoms with Crippen LogP contribution in [0.25, 0.3) is 0 Å². The van der Waals surface area contributed by atoms with Crippen LogP contribution >= 0.6 is 0 Å². The molecule has 208 valence electrons. The van der Waals surface area contributed by atoms with Crippen LogP contribution in [0.15, 0.2) is 78.9 Å². The van der Waals surface area contributed by atoms with Crippen molar-refractivity contribution in [2.75, 3.05) is 24.2 Å². The summed E-state index contributed by atoms with van der Waals surface area (Å²) in [4.78, 5) is 27.7. The second-order valence-electron chi connectivity index (χ2n) is 8.75. The van der Waals surface area contributed by atoms with Crippen LogP contribution in [0, 0.1) is 5.82 Å². The van der Waals surface area contributed by atoms with Gasteiger partial charge in [-0.05, 0) is 29.8 Å². The van der Waals surface area contributed by atoms with Gasteiger partial charge < -0.3 is 10.2 Å². The van der Waals surface area contributed by atoms with Crippen LogP contribution in [0.2, 0.25) is 0 Å². The summed E-state index contributed by atoms with van der Waals surface area (Å²) in [7, 11) is -2.90. The minimum atomic E-state index is -4.75. The molecule has 0 aromatic heterocycles. The van der Waals surface area contributed by atoms with Crippen molar-refractivity contribution in [2.24, 2.45) is 0 Å². The zero-order valence-electron chi connectivity index (χ0n) is 21.2. The zero-order valence-corrected chi connectivity index (χ0v) is 22.0. The Morgan fingerprint density at radius 2 is 1.59 bits per heavy atom. The van der Waals surface area contributed by atoms with Crippen LogP contribution in [-0.2, 0) is 38.8 Å². The number of sulfonamides is 1. The Balaban J connectivity index is 2.06. The first kappa shape index (κ1) is 29.6. The zero-order chi connectivity index (χ0) is 28.8. The number of anilines is 1. The lowest BCUT2D eigenvalue weighted by Crippen LogP contribution is -2.53. The van der Waals surface area contributed by atoms with E-state index in [9.17, 15) is 35.6 Å². The number of carbonyl (C=O) groups excluding carboxylic acids is 2. The molecule has 0 bridgehead atoms. The van der Waals surface area contributed by atoms with Crippen molar-refractivity contribution in [1.29, 1.82) is 0 Å². The van der Waals surface area contributed by atoms with Gasteiger partial charge in [0.1, 0.15) is 18.4 Å². The number of halogens is 4. The van der Waals surface area contributed by atoms with E-state index in [0.29, 0.717) is 15.9 Å². The fourth-order valence-corrected chi connectivity index (χ4v) is 4.82. The molecule has 1 unspecified atom stereocenters. The molecule has 3 aromatic carbocycles. The Morgan fingerprint density at radius 1 is 0.949 bits per heavy atom. The van der Waals surface area contributed by atoms with Crippen molar-refractivity contribution in [3.05, 3.63) is 101 Å². The maximum atomic E-state index is 14.6. The molecular weight excluding hydrogens is 538 g/mol. The van der Waals surface area contributed by atoms with E-state index >= 15 is 0 Å². The highest BCUT2D eigenvalue weighted by molar-refractivity contribution is 7.92. The van der Waals surface area contributed by atoms with E-state index in [1.54, 1.807) is 36.4 Å². The van der Waals surface area contributed by atoms with Crippen molar-refractivity contribution in [1.82, 2.24) is 10.2 Å². The monoisotopic (exact) mass is 565 g/mol. The topological polar surface area (TPSA) is 86.8 Å². The van der Waals surface area contributed by atoms with Gasteiger partial charge in [-0.1, -0.05) is 54.6 Å². The first-order valence-electron chi connectivity index (χ1n) is 11.7. The second-order valence-corrected chi connectivity index (χ2v) is 10.7. The van der Waals surface area contributed by atoms with Gasteiger partial charge in [-0.15, -0.1) is 0 Å². The molecule has 12 heteroatoms. The summed E-state index contributed by atoms with van der Waals surface area (Å²) in [5.41, 5.74) is -0.740. The molecule has 3 aromatic rings. The standard InChI is InChI=1S/C27H27F4N3O4S/c1-32-26(36)24(15-19-9-4-3-5-10-19)33(17-20-11-6-7-14-23(20)28)25(35)18-34(39(2,37)38)22-13-8-12-21(16-22)27(29,30)31/h3-14,16,24H,15,17-18H2,1-2H3,(H,32,36). The van der Waals surface area contributed by atoms with Crippen LogP contribution in [0.1, 0.15) is 16.7 Å². The van der Waals surface area contributed by atoms with Crippen molar-refractivity contribution >= 4 is 27.5 Å². The van der Waals surface area contributed by atoms with E-state index in [0.717, 1.165) is 29.4 Å². The number of carbonyl (C=O) groups is 2. The van der Waals surface area contributed by atoms with Gasteiger partial charge in [0.15, 0.2) is 0 Å². The molecule has 0 aliphatic rings. The Kier molecular flexibility index (Phi) is 9.33. The van der Waals surface area contributed by atoms with Gasteiger partial charge in [0, 0.05) is 25.6 Å². The van der Waals surface area contributed by atoms with E-state index in [1.807, 2.05) is 0 Å². The van der Waals surface area contributed by atoms with E-state index in [4.69, 9.17) is 0 Å². The predicted molar refractivity (Wildman–Crippen MR) is 139 cm³/mol. The summed E-state index contributed by atoms with van der Waals surface area (Å²) < 4.78 is 80.4. The highest BCUT2D eigenvalue weighted by Gasteiger charge is 2.35. The number of hydrogen-bond donors (Lipinski definition) is 1. The molecule has 1 atom stereocenters. The molecule has 0 saturated carbocycles. The summed E-state index contributed by atoms with van der Waals surface area (Å²) in [6.07, 6.45) is -3.98. The smallest absolute Gasteiger partial charge is 0.357 e. The van der Waals surface area contributed by atoms with Gasteiger partial charge >= 0.3 is 6.18 Å². The van der Waals surface area contributed by atoms with Crippen molar-refractivity contribution in [2.45, 2.75) is 25.2 Å². The van der Waals surface area contributed by atoms with Gasteiger partial charge in [-0.25, -0.2) is 12.8 Å². The first-order chi connectivity index (χ1) is 18.3. The Labute approximate surface area is 224 Å². The maximum Gasteiger partial charge on any atom is 0.416 e. The molecule has 0 saturated heterocycles. The van der Waals surface area contributed by atoms with E-state index in [2.05, 4.69) is 5.32 Å². The number of benzene rings is 3. The highest BCUT2D eigenvalue weighted by Crippen LogP contribution is 2.32. The number of amides is 2. The number of nitrogens with one attached hydrogen (secondary N) is 1. The Hall–Kier alpha value is -3.93. The molecule has 0 heterocycles. The van der Waals surface area contributed by atoms with Crippen LogP contribution in [0.4, 0.5) is 23.2 Å². The van der Waals surface area contributed by atoms with Gasteiger partial charge in [-0.2, -0.15) is 13.2 Å². The van der Waals surface area contributed by atoms with E-state index < -0.39 is 58.5 Å². The third-order valence-electron chi connectivity index (χ3n) is 5.96. The molecule has 1 N–H and O–H groups in total. The largest absolute Gasteiger partial charge is 0.416 e. The van der Waals surface area contributed by atoms with Gasteiger partial charge in [0.25, 0.3) is 0 Å². The summed E-state index contributed by atoms with van der Waals surface area (Å²) in [5.74, 6) is -2.15. The fraction of sp³-hybridized carbons (Fsp3) is 0.259. The predicted octanol–water partition coefficient (Wildman–Crippen LogP) is 4.00. The lowest BCUT2D eigenvalue weighted by Gasteiger charge is -2.33.